The Morgan fingerprint density at radius 1 is 0.829 bits per heavy atom. The van der Waals surface area contributed by atoms with Crippen LogP contribution in [-0.4, -0.2) is 68.7 Å². The Kier molecular flexibility index (Phi) is 6.77. The average Bonchev–Trinajstić information content (AvgIpc) is 3.49. The first-order chi connectivity index (χ1) is 20.2. The molecule has 3 bridgehead atoms. The van der Waals surface area contributed by atoms with Crippen LogP contribution in [-0.2, 0) is 0 Å². The number of nitrogens with zero attached hydrogens (tertiary/aromatic N) is 3. The number of para-hydroxylation sites is 1. The Bertz CT molecular complexity index is 1440. The van der Waals surface area contributed by atoms with Crippen molar-refractivity contribution in [1.82, 2.24) is 19.8 Å². The Hall–Kier alpha value is -2.21. The van der Waals surface area contributed by atoms with E-state index >= 15 is 0 Å². The molecule has 218 valence electrons. The summed E-state index contributed by atoms with van der Waals surface area (Å²) < 4.78 is 0. The molecule has 2 aromatic heterocycles. The molecule has 1 spiro atoms. The van der Waals surface area contributed by atoms with Gasteiger partial charge in [-0.25, -0.2) is 0 Å². The second-order valence-corrected chi connectivity index (χ2v) is 14.3. The van der Waals surface area contributed by atoms with E-state index in [1.54, 1.807) is 0 Å². The Labute approximate surface area is 245 Å². The molecule has 2 N–H and O–H groups in total. The van der Waals surface area contributed by atoms with Gasteiger partial charge in [0.1, 0.15) is 0 Å². The lowest BCUT2D eigenvalue weighted by Gasteiger charge is -2.58. The molecule has 1 unspecified atom stereocenters. The predicted molar refractivity (Wildman–Crippen MR) is 168 cm³/mol. The van der Waals surface area contributed by atoms with Crippen LogP contribution in [0.1, 0.15) is 95.6 Å². The van der Waals surface area contributed by atoms with E-state index in [9.17, 15) is 5.11 Å². The second kappa shape index (κ2) is 10.5. The number of piperidine rings is 1. The summed E-state index contributed by atoms with van der Waals surface area (Å²) in [6.45, 7) is 4.68. The molecular weight excluding hydrogens is 504 g/mol. The zero-order valence-electron chi connectivity index (χ0n) is 24.8. The monoisotopic (exact) mass is 552 g/mol. The maximum atomic E-state index is 13.1. The van der Waals surface area contributed by atoms with E-state index in [2.05, 4.69) is 51.2 Å². The van der Waals surface area contributed by atoms with Crippen molar-refractivity contribution in [1.29, 1.82) is 0 Å². The number of nitrogens with one attached hydrogen (secondary N) is 1. The molecule has 4 saturated heterocycles. The van der Waals surface area contributed by atoms with Crippen molar-refractivity contribution in [3.8, 4) is 0 Å². The molecule has 6 atom stereocenters. The predicted octanol–water partition coefficient (Wildman–Crippen LogP) is 7.30. The van der Waals surface area contributed by atoms with Crippen LogP contribution in [0.15, 0.2) is 42.6 Å². The number of benzene rings is 1. The minimum atomic E-state index is -0.813. The van der Waals surface area contributed by atoms with Gasteiger partial charge in [-0.1, -0.05) is 69.6 Å². The first-order valence-corrected chi connectivity index (χ1v) is 17.0. The zero-order chi connectivity index (χ0) is 27.4. The fourth-order valence-corrected chi connectivity index (χ4v) is 10.3. The van der Waals surface area contributed by atoms with E-state index in [1.807, 2.05) is 6.20 Å². The summed E-state index contributed by atoms with van der Waals surface area (Å²) in [5.41, 5.74) is 4.03. The van der Waals surface area contributed by atoms with Crippen molar-refractivity contribution in [2.24, 2.45) is 11.3 Å². The lowest BCUT2D eigenvalue weighted by Crippen LogP contribution is -2.65. The standard InChI is InChI=1S/C36H48N4O/c41-36-18-10-4-1-2-5-11-20-39-22-17-30(35(25-39)23-26-13-7-3-6-12-21-40(26)34(35)36)29(24-36)32-33-28(16-19-37-32)27-14-8-9-15-31(27)38-33/h8-9,14-16,19,24,26,30,34,38,41H,1-7,10-13,17-18,20-23,25H2/t26-,30+,34-,35+,36+/m1/s1. The van der Waals surface area contributed by atoms with Crippen molar-refractivity contribution in [3.63, 3.8) is 0 Å². The van der Waals surface area contributed by atoms with Gasteiger partial charge in [0.25, 0.3) is 0 Å². The number of H-pyrrole nitrogens is 1. The Morgan fingerprint density at radius 3 is 2.56 bits per heavy atom. The van der Waals surface area contributed by atoms with Gasteiger partial charge >= 0.3 is 0 Å². The number of rotatable bonds is 1. The summed E-state index contributed by atoms with van der Waals surface area (Å²) in [7, 11) is 0. The molecule has 6 heterocycles. The average molecular weight is 553 g/mol. The topological polar surface area (TPSA) is 55.4 Å². The van der Waals surface area contributed by atoms with Crippen molar-refractivity contribution in [3.05, 3.63) is 48.3 Å². The van der Waals surface area contributed by atoms with Crippen LogP contribution in [0.4, 0.5) is 0 Å². The number of fused-ring (bicyclic) bond motifs is 5. The van der Waals surface area contributed by atoms with E-state index < -0.39 is 5.60 Å². The number of hydrogen-bond donors (Lipinski definition) is 2. The number of pyridine rings is 1. The van der Waals surface area contributed by atoms with Gasteiger partial charge in [0.05, 0.1) is 16.8 Å². The van der Waals surface area contributed by atoms with Crippen LogP contribution in [0.3, 0.4) is 0 Å². The van der Waals surface area contributed by atoms with Gasteiger partial charge in [0, 0.05) is 46.5 Å². The molecular formula is C36H48N4O. The van der Waals surface area contributed by atoms with Crippen LogP contribution in [0.25, 0.3) is 27.4 Å². The number of aromatic nitrogens is 2. The molecule has 3 aromatic rings. The van der Waals surface area contributed by atoms with Crippen molar-refractivity contribution in [2.45, 2.75) is 108 Å². The first-order valence-electron chi connectivity index (χ1n) is 17.0. The Balaban J connectivity index is 1.33. The SMILES string of the molecule is O[C@]12C=C(c3nccc4c3[nH]c3ccccc34)[C@@H]3CCN(CCCCCCCC1)C[C@@]31C[C@H]3CCCCCCN3[C@H]12. The molecule has 41 heavy (non-hydrogen) atoms. The third kappa shape index (κ3) is 4.33. The molecule has 0 amide bonds. The van der Waals surface area contributed by atoms with E-state index in [0.29, 0.717) is 12.0 Å². The summed E-state index contributed by atoms with van der Waals surface area (Å²) in [4.78, 5) is 14.6. The first kappa shape index (κ1) is 26.4. The fourth-order valence-electron chi connectivity index (χ4n) is 10.3. The Morgan fingerprint density at radius 2 is 1.63 bits per heavy atom. The number of hydrogen-bond acceptors (Lipinski definition) is 4. The summed E-state index contributed by atoms with van der Waals surface area (Å²) >= 11 is 0. The number of aliphatic hydroxyl groups is 1. The second-order valence-electron chi connectivity index (χ2n) is 14.3. The third-order valence-corrected chi connectivity index (χ3v) is 11.9. The van der Waals surface area contributed by atoms with E-state index in [4.69, 9.17) is 4.98 Å². The minimum Gasteiger partial charge on any atom is -0.384 e. The molecule has 5 aliphatic rings. The van der Waals surface area contributed by atoms with Gasteiger partial charge in [-0.05, 0) is 87.9 Å². The van der Waals surface area contributed by atoms with Crippen LogP contribution >= 0.6 is 0 Å². The summed E-state index contributed by atoms with van der Waals surface area (Å²) in [5, 5.41) is 15.6. The highest BCUT2D eigenvalue weighted by Gasteiger charge is 2.65. The maximum absolute atomic E-state index is 13.1. The van der Waals surface area contributed by atoms with Gasteiger partial charge in [0.15, 0.2) is 0 Å². The van der Waals surface area contributed by atoms with E-state index in [0.717, 1.165) is 37.1 Å². The summed E-state index contributed by atoms with van der Waals surface area (Å²) in [6.07, 6.45) is 22.0. The maximum Gasteiger partial charge on any atom is 0.0994 e. The smallest absolute Gasteiger partial charge is 0.0994 e. The van der Waals surface area contributed by atoms with Gasteiger partial charge in [-0.3, -0.25) is 9.88 Å². The molecule has 1 aromatic carbocycles. The largest absolute Gasteiger partial charge is 0.384 e. The number of aromatic amines is 1. The van der Waals surface area contributed by atoms with Crippen LogP contribution in [0, 0.1) is 11.3 Å². The lowest BCUT2D eigenvalue weighted by atomic mass is 9.54. The summed E-state index contributed by atoms with van der Waals surface area (Å²) in [6, 6.07) is 11.7. The molecule has 0 saturated carbocycles. The summed E-state index contributed by atoms with van der Waals surface area (Å²) in [5.74, 6) is 0.437. The molecule has 1 aliphatic carbocycles. The van der Waals surface area contributed by atoms with E-state index in [1.165, 1.54) is 112 Å². The highest BCUT2D eigenvalue weighted by Crippen LogP contribution is 2.62. The molecule has 5 heteroatoms. The zero-order valence-corrected chi connectivity index (χ0v) is 24.8. The highest BCUT2D eigenvalue weighted by atomic mass is 16.3. The van der Waals surface area contributed by atoms with Crippen LogP contribution in [0.5, 0.6) is 0 Å². The molecule has 8 rings (SSSR count). The molecule has 5 nitrogen and oxygen atoms in total. The molecule has 4 fully saturated rings. The van der Waals surface area contributed by atoms with Crippen LogP contribution < -0.4 is 0 Å². The van der Waals surface area contributed by atoms with Gasteiger partial charge < -0.3 is 15.0 Å². The third-order valence-electron chi connectivity index (χ3n) is 11.9. The highest BCUT2D eigenvalue weighted by molar-refractivity contribution is 6.09. The number of allylic oxidation sites excluding steroid dienone is 1. The fraction of sp³-hybridized carbons (Fsp3) is 0.639. The van der Waals surface area contributed by atoms with Gasteiger partial charge in [0.2, 0.25) is 0 Å². The minimum absolute atomic E-state index is 0.0794. The lowest BCUT2D eigenvalue weighted by molar-refractivity contribution is -0.0919. The van der Waals surface area contributed by atoms with E-state index in [-0.39, 0.29) is 11.5 Å². The normalized spacial score (nSPS) is 36.9. The van der Waals surface area contributed by atoms with Crippen LogP contribution in [0.2, 0.25) is 0 Å². The van der Waals surface area contributed by atoms with Crippen molar-refractivity contribution in [2.75, 3.05) is 26.2 Å². The quantitative estimate of drug-likeness (QED) is 0.333. The van der Waals surface area contributed by atoms with Crippen molar-refractivity contribution >= 4 is 27.4 Å². The van der Waals surface area contributed by atoms with Gasteiger partial charge in [-0.15, -0.1) is 0 Å². The molecule has 0 radical (unpaired) electrons. The molecule has 4 aliphatic heterocycles. The van der Waals surface area contributed by atoms with Gasteiger partial charge in [-0.2, -0.15) is 0 Å². The van der Waals surface area contributed by atoms with Crippen molar-refractivity contribution < 1.29 is 5.11 Å².